The van der Waals surface area contributed by atoms with Crippen LogP contribution in [0.4, 0.5) is 5.69 Å². The molecule has 3 aromatic carbocycles. The fraction of sp³-hybridized carbons (Fsp3) is 0.0789. The van der Waals surface area contributed by atoms with Crippen molar-refractivity contribution < 1.29 is 0 Å². The molecular weight excluding hydrogens is 554 g/mol. The van der Waals surface area contributed by atoms with Crippen molar-refractivity contribution in [1.29, 1.82) is 0 Å². The Morgan fingerprint density at radius 2 is 1.71 bits per heavy atom. The summed E-state index contributed by atoms with van der Waals surface area (Å²) in [5.41, 5.74) is 13.5. The molecule has 45 heavy (non-hydrogen) atoms. The van der Waals surface area contributed by atoms with E-state index in [4.69, 9.17) is 4.98 Å². The van der Waals surface area contributed by atoms with Crippen molar-refractivity contribution in [1.82, 2.24) is 20.6 Å². The number of H-pyrrole nitrogens is 1. The Labute approximate surface area is 260 Å². The lowest BCUT2D eigenvalue weighted by molar-refractivity contribution is 0.815. The summed E-state index contributed by atoms with van der Waals surface area (Å²) >= 11 is 0. The first-order valence-electron chi connectivity index (χ1n) is 15.2. The first-order valence-corrected chi connectivity index (χ1v) is 15.2. The summed E-state index contributed by atoms with van der Waals surface area (Å²) in [6.45, 7) is 1.37. The topological polar surface area (TPSA) is 89.5 Å². The van der Waals surface area contributed by atoms with Gasteiger partial charge >= 0.3 is 0 Å². The highest BCUT2D eigenvalue weighted by Crippen LogP contribution is 2.38. The van der Waals surface area contributed by atoms with Crippen molar-refractivity contribution in [3.8, 4) is 11.1 Å². The van der Waals surface area contributed by atoms with E-state index in [1.807, 2.05) is 12.3 Å². The van der Waals surface area contributed by atoms with Crippen LogP contribution >= 0.6 is 0 Å². The van der Waals surface area contributed by atoms with Crippen LogP contribution < -0.4 is 16.0 Å². The number of pyridine rings is 1. The molecule has 0 saturated carbocycles. The lowest BCUT2D eigenvalue weighted by Gasteiger charge is -2.27. The maximum atomic E-state index is 4.88. The predicted octanol–water partition coefficient (Wildman–Crippen LogP) is 7.05. The highest BCUT2D eigenvalue weighted by Gasteiger charge is 2.21. The van der Waals surface area contributed by atoms with Crippen LogP contribution in [0.25, 0.3) is 50.3 Å². The maximum Gasteiger partial charge on any atom is 0.176 e. The van der Waals surface area contributed by atoms with Gasteiger partial charge < -0.3 is 20.9 Å². The third-order valence-electron chi connectivity index (χ3n) is 8.84. The molecule has 1 aliphatic carbocycles. The first kappa shape index (κ1) is 25.5. The van der Waals surface area contributed by atoms with Gasteiger partial charge in [0.1, 0.15) is 12.4 Å². The van der Waals surface area contributed by atoms with E-state index in [1.165, 1.54) is 44.5 Å². The third kappa shape index (κ3) is 4.48. The Kier molecular flexibility index (Phi) is 5.87. The van der Waals surface area contributed by atoms with Gasteiger partial charge in [-0.15, -0.1) is 0 Å². The fourth-order valence-corrected chi connectivity index (χ4v) is 6.54. The second kappa shape index (κ2) is 10.3. The number of amidine groups is 1. The SMILES string of the molecule is C1=Cc2cc(-c3ccc(C4=CC5NC(c6ccc7ccc(C8=NCNC=N8)nc7c6)=CC=C5C=C4)cc3)c3cc[nH]c3c2NC1. The van der Waals surface area contributed by atoms with Gasteiger partial charge in [0.15, 0.2) is 5.84 Å². The molecule has 2 aromatic heterocycles. The first-order chi connectivity index (χ1) is 22.3. The average Bonchev–Trinajstić information content (AvgIpc) is 3.61. The number of benzene rings is 3. The van der Waals surface area contributed by atoms with Crippen LogP contribution in [0.1, 0.15) is 22.4 Å². The van der Waals surface area contributed by atoms with E-state index in [1.54, 1.807) is 6.34 Å². The number of rotatable bonds is 4. The fourth-order valence-electron chi connectivity index (χ4n) is 6.54. The minimum Gasteiger partial charge on any atom is -0.379 e. The van der Waals surface area contributed by atoms with Crippen LogP contribution in [-0.2, 0) is 0 Å². The molecule has 4 N–H and O–H groups in total. The minimum atomic E-state index is 0.0810. The smallest absolute Gasteiger partial charge is 0.176 e. The molecule has 9 rings (SSSR count). The Bertz CT molecular complexity index is 2240. The Balaban J connectivity index is 0.985. The van der Waals surface area contributed by atoms with Crippen LogP contribution in [0.15, 0.2) is 125 Å². The molecule has 5 aromatic rings. The molecule has 1 atom stereocenters. The molecule has 7 heteroatoms. The van der Waals surface area contributed by atoms with Gasteiger partial charge in [0.2, 0.25) is 0 Å². The number of aromatic amines is 1. The quantitative estimate of drug-likeness (QED) is 0.183. The zero-order valence-electron chi connectivity index (χ0n) is 24.4. The van der Waals surface area contributed by atoms with Crippen molar-refractivity contribution in [2.24, 2.45) is 9.98 Å². The van der Waals surface area contributed by atoms with Crippen LogP contribution in [-0.4, -0.2) is 41.4 Å². The van der Waals surface area contributed by atoms with Gasteiger partial charge in [0, 0.05) is 34.8 Å². The van der Waals surface area contributed by atoms with E-state index in [0.717, 1.165) is 39.9 Å². The van der Waals surface area contributed by atoms with Gasteiger partial charge in [-0.1, -0.05) is 78.9 Å². The van der Waals surface area contributed by atoms with Crippen molar-refractivity contribution in [2.75, 3.05) is 18.5 Å². The van der Waals surface area contributed by atoms with E-state index < -0.39 is 0 Å². The van der Waals surface area contributed by atoms with Crippen LogP contribution in [0.5, 0.6) is 0 Å². The standard InChI is InChI=1S/C38H29N7/c1-2-29-18-31(30-15-17-41-37(30)36(29)40-16-1)24-5-3-23(4-6-24)27-9-7-25-11-13-32(44-34(25)19-27)28-10-8-26-12-14-33(45-35(26)20-28)38-42-21-39-22-43-38/h1-15,17-21,34,40-41,44H,16,22H2,(H,39,42,43). The number of aliphatic imine (C=N–C) groups is 2. The molecule has 4 aliphatic rings. The number of allylic oxidation sites excluding steroid dienone is 4. The van der Waals surface area contributed by atoms with Gasteiger partial charge in [-0.05, 0) is 63.7 Å². The van der Waals surface area contributed by atoms with E-state index in [0.29, 0.717) is 12.5 Å². The highest BCUT2D eigenvalue weighted by molar-refractivity contribution is 6.06. The summed E-state index contributed by atoms with van der Waals surface area (Å²) in [5, 5.41) is 12.6. The van der Waals surface area contributed by atoms with E-state index in [-0.39, 0.29) is 6.04 Å². The lowest BCUT2D eigenvalue weighted by Crippen LogP contribution is -2.31. The van der Waals surface area contributed by atoms with Crippen LogP contribution in [0.3, 0.4) is 0 Å². The maximum absolute atomic E-state index is 4.88. The summed E-state index contributed by atoms with van der Waals surface area (Å²) in [4.78, 5) is 17.1. The molecule has 0 amide bonds. The van der Waals surface area contributed by atoms with Crippen molar-refractivity contribution in [3.63, 3.8) is 0 Å². The highest BCUT2D eigenvalue weighted by atomic mass is 15.1. The molecule has 0 spiro atoms. The average molecular weight is 584 g/mol. The van der Waals surface area contributed by atoms with Crippen molar-refractivity contribution in [2.45, 2.75) is 6.04 Å². The number of fused-ring (bicyclic) bond motifs is 5. The Morgan fingerprint density at radius 1 is 0.822 bits per heavy atom. The number of nitrogens with one attached hydrogen (secondary N) is 4. The number of hydrogen-bond donors (Lipinski definition) is 4. The molecule has 5 heterocycles. The summed E-state index contributed by atoms with van der Waals surface area (Å²) in [5.74, 6) is 0.651. The summed E-state index contributed by atoms with van der Waals surface area (Å²) in [6, 6.07) is 23.9. The van der Waals surface area contributed by atoms with Gasteiger partial charge in [-0.2, -0.15) is 0 Å². The number of hydrogen-bond acceptors (Lipinski definition) is 6. The van der Waals surface area contributed by atoms with Crippen LogP contribution in [0, 0.1) is 0 Å². The predicted molar refractivity (Wildman–Crippen MR) is 186 cm³/mol. The van der Waals surface area contributed by atoms with Crippen molar-refractivity contribution in [3.05, 3.63) is 137 Å². The molecule has 1 unspecified atom stereocenters. The van der Waals surface area contributed by atoms with Gasteiger partial charge in [0.05, 0.1) is 29.1 Å². The Morgan fingerprint density at radius 3 is 2.62 bits per heavy atom. The molecule has 0 saturated heterocycles. The zero-order valence-corrected chi connectivity index (χ0v) is 24.4. The molecular formula is C38H29N7. The molecule has 0 radical (unpaired) electrons. The minimum absolute atomic E-state index is 0.0810. The second-order valence-electron chi connectivity index (χ2n) is 11.5. The summed E-state index contributed by atoms with van der Waals surface area (Å²) < 4.78 is 0. The normalized spacial score (nSPS) is 18.2. The van der Waals surface area contributed by atoms with E-state index >= 15 is 0 Å². The zero-order chi connectivity index (χ0) is 29.7. The summed E-state index contributed by atoms with van der Waals surface area (Å²) in [6.07, 6.45) is 19.2. The van der Waals surface area contributed by atoms with Gasteiger partial charge in [-0.25, -0.2) is 15.0 Å². The molecule has 7 nitrogen and oxygen atoms in total. The molecule has 0 bridgehead atoms. The largest absolute Gasteiger partial charge is 0.379 e. The third-order valence-corrected chi connectivity index (χ3v) is 8.84. The van der Waals surface area contributed by atoms with Gasteiger partial charge in [-0.3, -0.25) is 0 Å². The van der Waals surface area contributed by atoms with Gasteiger partial charge in [0.25, 0.3) is 0 Å². The van der Waals surface area contributed by atoms with Crippen LogP contribution in [0.2, 0.25) is 0 Å². The monoisotopic (exact) mass is 583 g/mol. The molecule has 216 valence electrons. The number of nitrogens with zero attached hydrogens (tertiary/aromatic N) is 3. The Hall–Kier alpha value is -5.95. The lowest BCUT2D eigenvalue weighted by atomic mass is 9.89. The second-order valence-corrected chi connectivity index (χ2v) is 11.5. The van der Waals surface area contributed by atoms with Crippen molar-refractivity contribution >= 4 is 57.0 Å². The van der Waals surface area contributed by atoms with E-state index in [9.17, 15) is 0 Å². The number of anilines is 1. The number of dihydropyridines is 1. The molecule has 0 fully saturated rings. The number of aromatic nitrogens is 2. The van der Waals surface area contributed by atoms with E-state index in [2.05, 4.69) is 134 Å². The summed E-state index contributed by atoms with van der Waals surface area (Å²) in [7, 11) is 0. The molecule has 3 aliphatic heterocycles.